The number of carbonyl (C=O) groups excluding carboxylic acids is 2. The van der Waals surface area contributed by atoms with Gasteiger partial charge in [0.15, 0.2) is 0 Å². The Balaban J connectivity index is 1.99. The number of nitro groups is 1. The van der Waals surface area contributed by atoms with E-state index >= 15 is 0 Å². The number of hydrogen-bond acceptors (Lipinski definition) is 6. The first-order valence-corrected chi connectivity index (χ1v) is 10.7. The van der Waals surface area contributed by atoms with Crippen LogP contribution >= 0.6 is 0 Å². The van der Waals surface area contributed by atoms with Crippen molar-refractivity contribution in [2.45, 2.75) is 27.7 Å². The minimum atomic E-state index is -0.499. The first kappa shape index (κ1) is 23.0. The van der Waals surface area contributed by atoms with Gasteiger partial charge in [-0.05, 0) is 61.7 Å². The third-order valence-electron chi connectivity index (χ3n) is 5.35. The number of non-ortho nitro benzene ring substituents is 1. The van der Waals surface area contributed by atoms with Gasteiger partial charge in [0.1, 0.15) is 5.70 Å². The Labute approximate surface area is 187 Å². The van der Waals surface area contributed by atoms with Gasteiger partial charge in [0, 0.05) is 43.1 Å². The number of imide groups is 1. The van der Waals surface area contributed by atoms with Crippen LogP contribution in [-0.2, 0) is 9.59 Å². The molecule has 1 N–H and O–H groups in total. The molecule has 1 aliphatic rings. The molecule has 32 heavy (non-hydrogen) atoms. The molecule has 2 aromatic carbocycles. The molecule has 2 amide bonds. The average Bonchev–Trinajstić information content (AvgIpc) is 2.99. The number of anilines is 2. The summed E-state index contributed by atoms with van der Waals surface area (Å²) in [4.78, 5) is 40.2. The van der Waals surface area contributed by atoms with Gasteiger partial charge in [0.25, 0.3) is 17.5 Å². The summed E-state index contributed by atoms with van der Waals surface area (Å²) in [5, 5.41) is 14.1. The van der Waals surface area contributed by atoms with Crippen molar-refractivity contribution in [2.24, 2.45) is 5.92 Å². The fraction of sp³-hybridized carbons (Fsp3) is 0.333. The lowest BCUT2D eigenvalue weighted by Gasteiger charge is -2.21. The molecule has 0 spiro atoms. The minimum absolute atomic E-state index is 0.0772. The zero-order valence-corrected chi connectivity index (χ0v) is 18.8. The molecule has 168 valence electrons. The monoisotopic (exact) mass is 436 g/mol. The zero-order valence-electron chi connectivity index (χ0n) is 18.8. The molecule has 0 radical (unpaired) electrons. The molecule has 1 aliphatic heterocycles. The van der Waals surface area contributed by atoms with E-state index in [1.807, 2.05) is 38.1 Å². The van der Waals surface area contributed by atoms with Crippen LogP contribution in [0.4, 0.5) is 17.1 Å². The van der Waals surface area contributed by atoms with Gasteiger partial charge in [-0.15, -0.1) is 0 Å². The maximum absolute atomic E-state index is 13.2. The lowest BCUT2D eigenvalue weighted by atomic mass is 10.0. The van der Waals surface area contributed by atoms with Crippen molar-refractivity contribution in [3.8, 4) is 0 Å². The quantitative estimate of drug-likeness (QED) is 0.358. The fourth-order valence-electron chi connectivity index (χ4n) is 3.73. The topological polar surface area (TPSA) is 95.8 Å². The summed E-state index contributed by atoms with van der Waals surface area (Å²) < 4.78 is 0. The molecule has 8 nitrogen and oxygen atoms in total. The second kappa shape index (κ2) is 9.64. The third kappa shape index (κ3) is 4.64. The second-order valence-electron chi connectivity index (χ2n) is 8.01. The van der Waals surface area contributed by atoms with Crippen molar-refractivity contribution in [1.29, 1.82) is 0 Å². The predicted molar refractivity (Wildman–Crippen MR) is 125 cm³/mol. The van der Waals surface area contributed by atoms with E-state index in [0.717, 1.165) is 18.8 Å². The number of carbonyl (C=O) groups is 2. The number of nitro benzene ring substituents is 1. The Morgan fingerprint density at radius 1 is 0.969 bits per heavy atom. The van der Waals surface area contributed by atoms with Crippen LogP contribution in [0.2, 0.25) is 0 Å². The summed E-state index contributed by atoms with van der Waals surface area (Å²) in [6.45, 7) is 10.1. The molecule has 0 aliphatic carbocycles. The summed E-state index contributed by atoms with van der Waals surface area (Å²) >= 11 is 0. The number of amides is 2. The van der Waals surface area contributed by atoms with E-state index in [1.165, 1.54) is 29.2 Å². The molecule has 2 aromatic rings. The summed E-state index contributed by atoms with van der Waals surface area (Å²) in [7, 11) is 0. The fourth-order valence-corrected chi connectivity index (χ4v) is 3.73. The van der Waals surface area contributed by atoms with E-state index in [-0.39, 0.29) is 22.9 Å². The van der Waals surface area contributed by atoms with Gasteiger partial charge in [0.05, 0.1) is 10.5 Å². The van der Waals surface area contributed by atoms with Crippen LogP contribution in [0.25, 0.3) is 5.57 Å². The van der Waals surface area contributed by atoms with Crippen molar-refractivity contribution in [3.05, 3.63) is 69.9 Å². The predicted octanol–water partition coefficient (Wildman–Crippen LogP) is 4.29. The minimum Gasteiger partial charge on any atom is -0.372 e. The Hall–Kier alpha value is -3.68. The smallest absolute Gasteiger partial charge is 0.278 e. The average molecular weight is 437 g/mol. The van der Waals surface area contributed by atoms with Crippen molar-refractivity contribution in [2.75, 3.05) is 29.9 Å². The summed E-state index contributed by atoms with van der Waals surface area (Å²) in [5.41, 5.74) is 2.54. The van der Waals surface area contributed by atoms with Gasteiger partial charge in [0.2, 0.25) is 0 Å². The molecule has 0 saturated carbocycles. The van der Waals surface area contributed by atoms with Crippen LogP contribution in [0, 0.1) is 16.0 Å². The highest BCUT2D eigenvalue weighted by molar-refractivity contribution is 6.36. The highest BCUT2D eigenvalue weighted by atomic mass is 16.6. The van der Waals surface area contributed by atoms with Gasteiger partial charge in [-0.25, -0.2) is 0 Å². The highest BCUT2D eigenvalue weighted by Crippen LogP contribution is 2.32. The van der Waals surface area contributed by atoms with E-state index in [1.54, 1.807) is 0 Å². The Morgan fingerprint density at radius 3 is 2.06 bits per heavy atom. The standard InChI is InChI=1S/C24H28N4O4/c1-5-26(6-2)19-13-9-18(10-14-19)25-22-21(17-7-11-20(12-8-17)28(31)32)23(29)27(24(22)30)15-16(3)4/h7-14,16,25H,5-6,15H2,1-4H3. The molecule has 0 aromatic heterocycles. The van der Waals surface area contributed by atoms with E-state index < -0.39 is 16.7 Å². The summed E-state index contributed by atoms with van der Waals surface area (Å²) in [5.74, 6) is -0.696. The summed E-state index contributed by atoms with van der Waals surface area (Å²) in [6, 6.07) is 13.4. The maximum Gasteiger partial charge on any atom is 0.278 e. The number of benzene rings is 2. The molecule has 0 atom stereocenters. The van der Waals surface area contributed by atoms with Crippen LogP contribution in [0.3, 0.4) is 0 Å². The molecule has 0 unspecified atom stereocenters. The number of nitrogens with one attached hydrogen (secondary N) is 1. The highest BCUT2D eigenvalue weighted by Gasteiger charge is 2.39. The summed E-state index contributed by atoms with van der Waals surface area (Å²) in [6.07, 6.45) is 0. The van der Waals surface area contributed by atoms with Crippen LogP contribution in [0.1, 0.15) is 33.3 Å². The number of hydrogen-bond donors (Lipinski definition) is 1. The maximum atomic E-state index is 13.2. The van der Waals surface area contributed by atoms with Gasteiger partial charge in [-0.2, -0.15) is 0 Å². The zero-order chi connectivity index (χ0) is 23.4. The van der Waals surface area contributed by atoms with Crippen molar-refractivity contribution >= 4 is 34.4 Å². The molecular weight excluding hydrogens is 408 g/mol. The van der Waals surface area contributed by atoms with Crippen molar-refractivity contribution in [3.63, 3.8) is 0 Å². The number of nitrogens with zero attached hydrogens (tertiary/aromatic N) is 3. The largest absolute Gasteiger partial charge is 0.372 e. The molecule has 0 saturated heterocycles. The molecule has 8 heteroatoms. The van der Waals surface area contributed by atoms with E-state index in [4.69, 9.17) is 0 Å². The SMILES string of the molecule is CCN(CC)c1ccc(NC2=C(c3ccc([N+](=O)[O-])cc3)C(=O)N(CC(C)C)C2=O)cc1. The Bertz CT molecular complexity index is 1040. The van der Waals surface area contributed by atoms with E-state index in [9.17, 15) is 19.7 Å². The van der Waals surface area contributed by atoms with Crippen LogP contribution in [-0.4, -0.2) is 41.3 Å². The normalized spacial score (nSPS) is 13.8. The third-order valence-corrected chi connectivity index (χ3v) is 5.35. The Morgan fingerprint density at radius 2 is 1.56 bits per heavy atom. The molecule has 0 bridgehead atoms. The van der Waals surface area contributed by atoms with Crippen LogP contribution in [0.5, 0.6) is 0 Å². The van der Waals surface area contributed by atoms with Gasteiger partial charge < -0.3 is 10.2 Å². The second-order valence-corrected chi connectivity index (χ2v) is 8.01. The van der Waals surface area contributed by atoms with Gasteiger partial charge in [-0.1, -0.05) is 13.8 Å². The lowest BCUT2D eigenvalue weighted by molar-refractivity contribution is -0.384. The molecule has 3 rings (SSSR count). The van der Waals surface area contributed by atoms with Crippen molar-refractivity contribution < 1.29 is 14.5 Å². The van der Waals surface area contributed by atoms with Crippen LogP contribution in [0.15, 0.2) is 54.2 Å². The van der Waals surface area contributed by atoms with E-state index in [2.05, 4.69) is 24.1 Å². The first-order chi connectivity index (χ1) is 15.3. The van der Waals surface area contributed by atoms with Gasteiger partial charge in [-0.3, -0.25) is 24.6 Å². The molecule has 0 fully saturated rings. The van der Waals surface area contributed by atoms with Crippen LogP contribution < -0.4 is 10.2 Å². The van der Waals surface area contributed by atoms with E-state index in [0.29, 0.717) is 17.8 Å². The molecule has 1 heterocycles. The first-order valence-electron chi connectivity index (χ1n) is 10.7. The van der Waals surface area contributed by atoms with Gasteiger partial charge >= 0.3 is 0 Å². The van der Waals surface area contributed by atoms with Crippen molar-refractivity contribution in [1.82, 2.24) is 4.90 Å². The molecular formula is C24H28N4O4. The Kier molecular flexibility index (Phi) is 6.92. The lowest BCUT2D eigenvalue weighted by Crippen LogP contribution is -2.35. The number of rotatable bonds is 9.